The summed E-state index contributed by atoms with van der Waals surface area (Å²) in [5.74, 6) is -0.214. The van der Waals surface area contributed by atoms with Crippen LogP contribution in [0.25, 0.3) is 0 Å². The summed E-state index contributed by atoms with van der Waals surface area (Å²) in [4.78, 5) is 11.1. The van der Waals surface area contributed by atoms with E-state index in [2.05, 4.69) is 21.9 Å². The number of amides is 1. The molecular formula is C17H19N3O3S. The molecule has 6 nitrogen and oxygen atoms in total. The van der Waals surface area contributed by atoms with Crippen LogP contribution in [0.1, 0.15) is 6.92 Å². The van der Waals surface area contributed by atoms with Gasteiger partial charge in [0.2, 0.25) is 5.91 Å². The van der Waals surface area contributed by atoms with Gasteiger partial charge in [0.05, 0.1) is 4.90 Å². The van der Waals surface area contributed by atoms with Crippen LogP contribution in [0.5, 0.6) is 0 Å². The Morgan fingerprint density at radius 3 is 2.08 bits per heavy atom. The quantitative estimate of drug-likeness (QED) is 0.673. The zero-order valence-corrected chi connectivity index (χ0v) is 14.1. The summed E-state index contributed by atoms with van der Waals surface area (Å²) < 4.78 is 27.2. The van der Waals surface area contributed by atoms with Crippen LogP contribution >= 0.6 is 0 Å². The van der Waals surface area contributed by atoms with Crippen molar-refractivity contribution >= 4 is 33.0 Å². The van der Waals surface area contributed by atoms with Gasteiger partial charge in [0.15, 0.2) is 0 Å². The maximum atomic E-state index is 12.4. The fourth-order valence-electron chi connectivity index (χ4n) is 1.98. The molecule has 3 N–H and O–H groups in total. The fourth-order valence-corrected chi connectivity index (χ4v) is 3.04. The zero-order chi connectivity index (χ0) is 17.6. The molecule has 2 rings (SSSR count). The molecule has 0 bridgehead atoms. The summed E-state index contributed by atoms with van der Waals surface area (Å²) in [6.45, 7) is 5.64. The lowest BCUT2D eigenvalue weighted by Crippen LogP contribution is -2.13. The number of benzene rings is 2. The van der Waals surface area contributed by atoms with Crippen molar-refractivity contribution in [3.63, 3.8) is 0 Å². The average molecular weight is 345 g/mol. The molecule has 2 aromatic rings. The van der Waals surface area contributed by atoms with Crippen molar-refractivity contribution in [1.82, 2.24) is 0 Å². The van der Waals surface area contributed by atoms with Crippen molar-refractivity contribution in [2.45, 2.75) is 11.8 Å². The third-order valence-corrected chi connectivity index (χ3v) is 4.47. The summed E-state index contributed by atoms with van der Waals surface area (Å²) >= 11 is 0. The normalized spacial score (nSPS) is 10.7. The molecule has 7 heteroatoms. The molecule has 0 saturated carbocycles. The van der Waals surface area contributed by atoms with E-state index in [0.717, 1.165) is 5.69 Å². The molecule has 0 radical (unpaired) electrons. The number of anilines is 3. The molecule has 0 atom stereocenters. The monoisotopic (exact) mass is 345 g/mol. The molecule has 24 heavy (non-hydrogen) atoms. The Bertz CT molecular complexity index is 813. The smallest absolute Gasteiger partial charge is 0.261 e. The van der Waals surface area contributed by atoms with Crippen molar-refractivity contribution in [3.05, 3.63) is 61.2 Å². The maximum Gasteiger partial charge on any atom is 0.261 e. The van der Waals surface area contributed by atoms with Crippen molar-refractivity contribution < 1.29 is 13.2 Å². The fraction of sp³-hybridized carbons (Fsp3) is 0.118. The van der Waals surface area contributed by atoms with Gasteiger partial charge in [-0.3, -0.25) is 9.52 Å². The Morgan fingerprint density at radius 1 is 1.00 bits per heavy atom. The molecule has 2 aromatic carbocycles. The van der Waals surface area contributed by atoms with Crippen molar-refractivity contribution in [2.75, 3.05) is 21.9 Å². The SMILES string of the molecule is C=CCNc1ccc(NS(=O)(=O)c2ccc(NC(C)=O)cc2)cc1. The molecule has 126 valence electrons. The van der Waals surface area contributed by atoms with Crippen LogP contribution in [-0.2, 0) is 14.8 Å². The van der Waals surface area contributed by atoms with Gasteiger partial charge in [0, 0.05) is 30.5 Å². The van der Waals surface area contributed by atoms with E-state index in [1.54, 1.807) is 30.3 Å². The van der Waals surface area contributed by atoms with Gasteiger partial charge < -0.3 is 10.6 Å². The first-order valence-electron chi connectivity index (χ1n) is 7.26. The average Bonchev–Trinajstić information content (AvgIpc) is 2.54. The van der Waals surface area contributed by atoms with Crippen molar-refractivity contribution in [1.29, 1.82) is 0 Å². The van der Waals surface area contributed by atoms with E-state index < -0.39 is 10.0 Å². The first kappa shape index (κ1) is 17.6. The highest BCUT2D eigenvalue weighted by atomic mass is 32.2. The predicted octanol–water partition coefficient (Wildman–Crippen LogP) is 3.04. The molecule has 0 unspecified atom stereocenters. The molecule has 0 saturated heterocycles. The van der Waals surface area contributed by atoms with Gasteiger partial charge in [-0.2, -0.15) is 0 Å². The number of carbonyl (C=O) groups excluding carboxylic acids is 1. The number of hydrogen-bond acceptors (Lipinski definition) is 4. The minimum Gasteiger partial charge on any atom is -0.382 e. The van der Waals surface area contributed by atoms with E-state index in [4.69, 9.17) is 0 Å². The Balaban J connectivity index is 2.10. The summed E-state index contributed by atoms with van der Waals surface area (Å²) in [7, 11) is -3.69. The Kier molecular flexibility index (Phi) is 5.59. The van der Waals surface area contributed by atoms with Gasteiger partial charge in [-0.05, 0) is 48.5 Å². The van der Waals surface area contributed by atoms with E-state index in [1.807, 2.05) is 0 Å². The minimum absolute atomic E-state index is 0.116. The second-order valence-corrected chi connectivity index (χ2v) is 6.74. The van der Waals surface area contributed by atoms with Crippen LogP contribution in [-0.4, -0.2) is 20.9 Å². The van der Waals surface area contributed by atoms with Crippen LogP contribution in [0.4, 0.5) is 17.1 Å². The Labute approximate surface area is 141 Å². The van der Waals surface area contributed by atoms with E-state index in [-0.39, 0.29) is 10.8 Å². The highest BCUT2D eigenvalue weighted by molar-refractivity contribution is 7.92. The molecular weight excluding hydrogens is 326 g/mol. The molecule has 0 fully saturated rings. The van der Waals surface area contributed by atoms with Crippen LogP contribution in [0.2, 0.25) is 0 Å². The molecule has 1 amide bonds. The lowest BCUT2D eigenvalue weighted by Gasteiger charge is -2.10. The standard InChI is InChI=1S/C17H19N3O3S/c1-3-12-18-14-4-6-16(7-5-14)20-24(22,23)17-10-8-15(9-11-17)19-13(2)21/h3-11,18,20H,1,12H2,2H3,(H,19,21). The first-order valence-corrected chi connectivity index (χ1v) is 8.74. The number of nitrogens with one attached hydrogen (secondary N) is 3. The van der Waals surface area contributed by atoms with Crippen LogP contribution < -0.4 is 15.4 Å². The van der Waals surface area contributed by atoms with Crippen molar-refractivity contribution in [3.8, 4) is 0 Å². The largest absolute Gasteiger partial charge is 0.382 e. The summed E-state index contributed by atoms with van der Waals surface area (Å²) in [6.07, 6.45) is 1.74. The topological polar surface area (TPSA) is 87.3 Å². The molecule has 0 aliphatic heterocycles. The number of sulfonamides is 1. The third kappa shape index (κ3) is 4.85. The molecule has 0 aromatic heterocycles. The number of hydrogen-bond donors (Lipinski definition) is 3. The van der Waals surface area contributed by atoms with Crippen molar-refractivity contribution in [2.24, 2.45) is 0 Å². The summed E-state index contributed by atoms with van der Waals surface area (Å²) in [5, 5.41) is 5.70. The highest BCUT2D eigenvalue weighted by Crippen LogP contribution is 2.19. The molecule has 0 heterocycles. The predicted molar refractivity (Wildman–Crippen MR) is 96.7 cm³/mol. The molecule has 0 aliphatic carbocycles. The van der Waals surface area contributed by atoms with E-state index in [9.17, 15) is 13.2 Å². The number of rotatable bonds is 7. The van der Waals surface area contributed by atoms with Gasteiger partial charge in [0.25, 0.3) is 10.0 Å². The lowest BCUT2D eigenvalue weighted by atomic mass is 10.3. The maximum absolute atomic E-state index is 12.4. The second kappa shape index (κ2) is 7.65. The first-order chi connectivity index (χ1) is 11.4. The summed E-state index contributed by atoms with van der Waals surface area (Å²) in [6, 6.07) is 12.9. The summed E-state index contributed by atoms with van der Waals surface area (Å²) in [5.41, 5.74) is 1.88. The third-order valence-electron chi connectivity index (χ3n) is 3.07. The van der Waals surface area contributed by atoms with Gasteiger partial charge in [-0.1, -0.05) is 6.08 Å². The van der Waals surface area contributed by atoms with E-state index >= 15 is 0 Å². The van der Waals surface area contributed by atoms with Gasteiger partial charge in [-0.25, -0.2) is 8.42 Å². The second-order valence-electron chi connectivity index (χ2n) is 5.06. The molecule has 0 aliphatic rings. The van der Waals surface area contributed by atoms with E-state index in [1.165, 1.54) is 31.2 Å². The van der Waals surface area contributed by atoms with Crippen LogP contribution in [0.3, 0.4) is 0 Å². The van der Waals surface area contributed by atoms with Gasteiger partial charge in [0.1, 0.15) is 0 Å². The van der Waals surface area contributed by atoms with Crippen LogP contribution in [0.15, 0.2) is 66.1 Å². The van der Waals surface area contributed by atoms with E-state index in [0.29, 0.717) is 17.9 Å². The Morgan fingerprint density at radius 2 is 1.54 bits per heavy atom. The minimum atomic E-state index is -3.69. The number of carbonyl (C=O) groups is 1. The van der Waals surface area contributed by atoms with Gasteiger partial charge >= 0.3 is 0 Å². The Hall–Kier alpha value is -2.80. The highest BCUT2D eigenvalue weighted by Gasteiger charge is 2.14. The zero-order valence-electron chi connectivity index (χ0n) is 13.2. The van der Waals surface area contributed by atoms with Gasteiger partial charge in [-0.15, -0.1) is 6.58 Å². The molecule has 0 spiro atoms. The van der Waals surface area contributed by atoms with Crippen LogP contribution in [0, 0.1) is 0 Å². The lowest BCUT2D eigenvalue weighted by molar-refractivity contribution is -0.114.